The van der Waals surface area contributed by atoms with Gasteiger partial charge in [0.25, 0.3) is 0 Å². The standard InChI is InChI=1S/C11H14N2O2/c1-7-4-8-6-15-10-9(14)2-3-12-11(10)13(8)5-7/h2-3,7-8H,4-6H2,1H3,(H,12,14)/t7?,8-/m0/s1. The van der Waals surface area contributed by atoms with Crippen LogP contribution in [0.3, 0.4) is 0 Å². The van der Waals surface area contributed by atoms with Crippen LogP contribution >= 0.6 is 0 Å². The van der Waals surface area contributed by atoms with E-state index in [-0.39, 0.29) is 5.75 Å². The number of anilines is 1. The van der Waals surface area contributed by atoms with Crippen molar-refractivity contribution >= 4 is 5.82 Å². The van der Waals surface area contributed by atoms with E-state index in [4.69, 9.17) is 4.74 Å². The van der Waals surface area contributed by atoms with Crippen molar-refractivity contribution in [3.63, 3.8) is 0 Å². The highest BCUT2D eigenvalue weighted by Gasteiger charge is 2.36. The second-order valence-electron chi connectivity index (χ2n) is 4.44. The fourth-order valence-corrected chi connectivity index (χ4v) is 2.52. The summed E-state index contributed by atoms with van der Waals surface area (Å²) in [5, 5.41) is 9.65. The van der Waals surface area contributed by atoms with Gasteiger partial charge in [-0.25, -0.2) is 4.98 Å². The van der Waals surface area contributed by atoms with Crippen LogP contribution in [-0.4, -0.2) is 29.3 Å². The second kappa shape index (κ2) is 3.02. The molecule has 3 rings (SSSR count). The molecular formula is C11H14N2O2. The lowest BCUT2D eigenvalue weighted by Crippen LogP contribution is -2.38. The molecule has 0 spiro atoms. The molecule has 0 aliphatic carbocycles. The highest BCUT2D eigenvalue weighted by molar-refractivity contribution is 5.61. The molecule has 0 amide bonds. The van der Waals surface area contributed by atoms with Crippen molar-refractivity contribution in [1.29, 1.82) is 0 Å². The first kappa shape index (κ1) is 8.83. The highest BCUT2D eigenvalue weighted by Crippen LogP contribution is 2.42. The van der Waals surface area contributed by atoms with Crippen LogP contribution < -0.4 is 9.64 Å². The fourth-order valence-electron chi connectivity index (χ4n) is 2.52. The molecule has 3 heterocycles. The van der Waals surface area contributed by atoms with Gasteiger partial charge in [-0.2, -0.15) is 0 Å². The molecule has 4 heteroatoms. The van der Waals surface area contributed by atoms with Gasteiger partial charge in [-0.1, -0.05) is 6.92 Å². The van der Waals surface area contributed by atoms with Crippen LogP contribution in [0.5, 0.6) is 11.5 Å². The predicted octanol–water partition coefficient (Wildman–Crippen LogP) is 1.39. The molecule has 0 bridgehead atoms. The van der Waals surface area contributed by atoms with Crippen molar-refractivity contribution < 1.29 is 9.84 Å². The van der Waals surface area contributed by atoms with Gasteiger partial charge in [-0.15, -0.1) is 0 Å². The number of nitrogens with zero attached hydrogens (tertiary/aromatic N) is 2. The van der Waals surface area contributed by atoms with Crippen molar-refractivity contribution in [3.8, 4) is 11.5 Å². The van der Waals surface area contributed by atoms with Crippen LogP contribution in [0.1, 0.15) is 13.3 Å². The third-order valence-corrected chi connectivity index (χ3v) is 3.18. The maximum atomic E-state index is 9.65. The van der Waals surface area contributed by atoms with Crippen molar-refractivity contribution in [3.05, 3.63) is 12.3 Å². The van der Waals surface area contributed by atoms with E-state index in [1.165, 1.54) is 0 Å². The number of fused-ring (bicyclic) bond motifs is 3. The summed E-state index contributed by atoms with van der Waals surface area (Å²) >= 11 is 0. The summed E-state index contributed by atoms with van der Waals surface area (Å²) < 4.78 is 5.56. The number of ether oxygens (including phenoxy) is 1. The third-order valence-electron chi connectivity index (χ3n) is 3.18. The Morgan fingerprint density at radius 2 is 2.47 bits per heavy atom. The molecule has 4 nitrogen and oxygen atoms in total. The Bertz CT molecular complexity index is 394. The topological polar surface area (TPSA) is 45.6 Å². The minimum Gasteiger partial charge on any atom is -0.504 e. The number of aromatic nitrogens is 1. The molecule has 0 aromatic carbocycles. The lowest BCUT2D eigenvalue weighted by Gasteiger charge is -2.32. The van der Waals surface area contributed by atoms with Gasteiger partial charge in [0.1, 0.15) is 6.61 Å². The van der Waals surface area contributed by atoms with E-state index in [0.29, 0.717) is 24.3 Å². The molecule has 1 aromatic heterocycles. The molecule has 1 saturated heterocycles. The first-order chi connectivity index (χ1) is 7.25. The zero-order valence-corrected chi connectivity index (χ0v) is 8.68. The van der Waals surface area contributed by atoms with Gasteiger partial charge in [0.2, 0.25) is 5.75 Å². The van der Waals surface area contributed by atoms with Crippen LogP contribution in [0.15, 0.2) is 12.3 Å². The van der Waals surface area contributed by atoms with Crippen molar-refractivity contribution in [1.82, 2.24) is 4.98 Å². The maximum absolute atomic E-state index is 9.65. The Hall–Kier alpha value is -1.45. The molecule has 0 radical (unpaired) electrons. The summed E-state index contributed by atoms with van der Waals surface area (Å²) in [6.07, 6.45) is 2.78. The van der Waals surface area contributed by atoms with E-state index in [1.54, 1.807) is 12.3 Å². The van der Waals surface area contributed by atoms with Crippen molar-refractivity contribution in [2.75, 3.05) is 18.1 Å². The summed E-state index contributed by atoms with van der Waals surface area (Å²) in [7, 11) is 0. The van der Waals surface area contributed by atoms with Gasteiger partial charge in [0, 0.05) is 18.8 Å². The van der Waals surface area contributed by atoms with Gasteiger partial charge >= 0.3 is 0 Å². The largest absolute Gasteiger partial charge is 0.504 e. The Labute approximate surface area is 88.5 Å². The van der Waals surface area contributed by atoms with E-state index in [2.05, 4.69) is 16.8 Å². The minimum absolute atomic E-state index is 0.193. The van der Waals surface area contributed by atoms with Gasteiger partial charge in [-0.05, 0) is 12.3 Å². The van der Waals surface area contributed by atoms with E-state index in [1.807, 2.05) is 0 Å². The molecule has 1 fully saturated rings. The minimum atomic E-state index is 0.193. The second-order valence-corrected chi connectivity index (χ2v) is 4.44. The quantitative estimate of drug-likeness (QED) is 0.696. The number of aromatic hydroxyl groups is 1. The first-order valence-electron chi connectivity index (χ1n) is 5.33. The number of hydrogen-bond donors (Lipinski definition) is 1. The summed E-state index contributed by atoms with van der Waals surface area (Å²) in [5.74, 6) is 2.21. The van der Waals surface area contributed by atoms with Crippen molar-refractivity contribution in [2.45, 2.75) is 19.4 Å². The smallest absolute Gasteiger partial charge is 0.204 e. The van der Waals surface area contributed by atoms with Crippen LogP contribution in [0.4, 0.5) is 5.82 Å². The molecule has 0 saturated carbocycles. The van der Waals surface area contributed by atoms with Crippen LogP contribution in [0.2, 0.25) is 0 Å². The fraction of sp³-hybridized carbons (Fsp3) is 0.545. The van der Waals surface area contributed by atoms with Gasteiger partial charge < -0.3 is 14.7 Å². The Morgan fingerprint density at radius 3 is 3.33 bits per heavy atom. The summed E-state index contributed by atoms with van der Waals surface area (Å²) in [4.78, 5) is 6.55. The Kier molecular flexibility index (Phi) is 1.78. The Morgan fingerprint density at radius 1 is 1.60 bits per heavy atom. The monoisotopic (exact) mass is 206 g/mol. The number of hydrogen-bond acceptors (Lipinski definition) is 4. The molecule has 2 aliphatic rings. The molecule has 80 valence electrons. The molecule has 2 atom stereocenters. The van der Waals surface area contributed by atoms with Crippen LogP contribution in [0.25, 0.3) is 0 Å². The SMILES string of the molecule is CC1C[C@H]2COc3c(O)ccnc3N2C1. The highest BCUT2D eigenvalue weighted by atomic mass is 16.5. The van der Waals surface area contributed by atoms with Crippen molar-refractivity contribution in [2.24, 2.45) is 5.92 Å². The number of rotatable bonds is 0. The summed E-state index contributed by atoms with van der Waals surface area (Å²) in [6.45, 7) is 3.91. The first-order valence-corrected chi connectivity index (χ1v) is 5.33. The average molecular weight is 206 g/mol. The maximum Gasteiger partial charge on any atom is 0.204 e. The molecule has 1 N–H and O–H groups in total. The Balaban J connectivity index is 2.05. The molecule has 15 heavy (non-hydrogen) atoms. The zero-order chi connectivity index (χ0) is 10.4. The van der Waals surface area contributed by atoms with Gasteiger partial charge in [0.05, 0.1) is 6.04 Å². The molecule has 1 unspecified atom stereocenters. The molecule has 1 aromatic rings. The summed E-state index contributed by atoms with van der Waals surface area (Å²) in [5.41, 5.74) is 0. The normalized spacial score (nSPS) is 28.2. The summed E-state index contributed by atoms with van der Waals surface area (Å²) in [6, 6.07) is 2.00. The van der Waals surface area contributed by atoms with Crippen LogP contribution in [-0.2, 0) is 0 Å². The molecular weight excluding hydrogens is 192 g/mol. The lowest BCUT2D eigenvalue weighted by atomic mass is 10.1. The number of pyridine rings is 1. The molecule has 2 aliphatic heterocycles. The average Bonchev–Trinajstić information content (AvgIpc) is 2.59. The van der Waals surface area contributed by atoms with E-state index < -0.39 is 0 Å². The van der Waals surface area contributed by atoms with Gasteiger partial charge in [0.15, 0.2) is 11.6 Å². The lowest BCUT2D eigenvalue weighted by molar-refractivity contribution is 0.255. The predicted molar refractivity (Wildman–Crippen MR) is 56.3 cm³/mol. The van der Waals surface area contributed by atoms with E-state index >= 15 is 0 Å². The van der Waals surface area contributed by atoms with Crippen LogP contribution in [0, 0.1) is 5.92 Å². The third kappa shape index (κ3) is 1.24. The van der Waals surface area contributed by atoms with E-state index in [9.17, 15) is 5.11 Å². The van der Waals surface area contributed by atoms with E-state index in [0.717, 1.165) is 18.8 Å². The van der Waals surface area contributed by atoms with Gasteiger partial charge in [-0.3, -0.25) is 0 Å². The zero-order valence-electron chi connectivity index (χ0n) is 8.68.